The van der Waals surface area contributed by atoms with Crippen LogP contribution in [0.3, 0.4) is 0 Å². The van der Waals surface area contributed by atoms with Gasteiger partial charge in [-0.1, -0.05) is 13.0 Å². The van der Waals surface area contributed by atoms with Crippen LogP contribution in [0.2, 0.25) is 0 Å². The van der Waals surface area contributed by atoms with Crippen LogP contribution < -0.4 is 25.2 Å². The summed E-state index contributed by atoms with van der Waals surface area (Å²) in [5.74, 6) is 0.629. The third-order valence-corrected chi connectivity index (χ3v) is 9.55. The van der Waals surface area contributed by atoms with E-state index in [4.69, 9.17) is 22.2 Å². The van der Waals surface area contributed by atoms with Crippen molar-refractivity contribution in [1.82, 2.24) is 9.88 Å². The number of alkyl halides is 3. The first-order chi connectivity index (χ1) is 23.8. The molecule has 2 saturated heterocycles. The molecular weight excluding hydrogens is 668 g/mol. The van der Waals surface area contributed by atoms with Gasteiger partial charge in [-0.3, -0.25) is 19.4 Å². The van der Waals surface area contributed by atoms with Gasteiger partial charge in [-0.15, -0.1) is 0 Å². The van der Waals surface area contributed by atoms with Crippen LogP contribution in [0.25, 0.3) is 0 Å². The number of nitrogens with one attached hydrogen (secondary N) is 2. The molecule has 10 nitrogen and oxygen atoms in total. The van der Waals surface area contributed by atoms with Gasteiger partial charge in [0.15, 0.2) is 10.8 Å². The molecule has 14 heteroatoms. The molecule has 0 spiro atoms. The van der Waals surface area contributed by atoms with Crippen LogP contribution in [-0.4, -0.2) is 65.6 Å². The Balaban J connectivity index is 1.18. The number of likely N-dealkylation sites (tertiary alicyclic amines) is 1. The number of hydrogen-bond donors (Lipinski definition) is 2. The highest BCUT2D eigenvalue weighted by Gasteiger charge is 2.51. The number of ether oxygens (including phenoxy) is 1. The molecule has 50 heavy (non-hydrogen) atoms. The van der Waals surface area contributed by atoms with Crippen molar-refractivity contribution in [2.45, 2.75) is 58.2 Å². The minimum Gasteiger partial charge on any atom is -0.493 e. The summed E-state index contributed by atoms with van der Waals surface area (Å²) in [5.41, 5.74) is -0.208. The van der Waals surface area contributed by atoms with Gasteiger partial charge in [0.05, 0.1) is 30.6 Å². The van der Waals surface area contributed by atoms with Gasteiger partial charge in [0.1, 0.15) is 17.4 Å². The van der Waals surface area contributed by atoms with E-state index in [9.17, 15) is 22.8 Å². The summed E-state index contributed by atoms with van der Waals surface area (Å²) < 4.78 is 47.3. The quantitative estimate of drug-likeness (QED) is 0.213. The van der Waals surface area contributed by atoms with E-state index in [-0.39, 0.29) is 16.7 Å². The number of amides is 2. The summed E-state index contributed by atoms with van der Waals surface area (Å²) in [6.07, 6.45) is -0.343. The van der Waals surface area contributed by atoms with Crippen LogP contribution in [-0.2, 0) is 22.2 Å². The molecule has 2 amide bonds. The van der Waals surface area contributed by atoms with Crippen molar-refractivity contribution >= 4 is 51.9 Å². The normalized spacial score (nSPS) is 16.8. The lowest BCUT2D eigenvalue weighted by molar-refractivity contribution is -0.138. The Bertz CT molecular complexity index is 1800. The van der Waals surface area contributed by atoms with Crippen molar-refractivity contribution < 1.29 is 27.5 Å². The number of anilines is 4. The van der Waals surface area contributed by atoms with E-state index >= 15 is 0 Å². The summed E-state index contributed by atoms with van der Waals surface area (Å²) in [6.45, 7) is 7.83. The van der Waals surface area contributed by atoms with Crippen molar-refractivity contribution in [3.63, 3.8) is 0 Å². The SMILES string of the molecule is CCc1cc(N2C(=S)N(c3cnc(C#N)c(C(F)(F)F)c3)C(=O)C2(C)C)ccc1OCCC1CCN(CC(=O)Nc2cccc(NC)c2)CC1. The fourth-order valence-corrected chi connectivity index (χ4v) is 6.91. The maximum absolute atomic E-state index is 13.7. The Kier molecular flexibility index (Phi) is 11.0. The molecule has 3 heterocycles. The monoisotopic (exact) mass is 707 g/mol. The minimum atomic E-state index is -4.84. The Labute approximate surface area is 295 Å². The molecule has 264 valence electrons. The Morgan fingerprint density at radius 1 is 1.12 bits per heavy atom. The fraction of sp³-hybridized carbons (Fsp3) is 0.417. The average molecular weight is 708 g/mol. The third-order valence-electron chi connectivity index (χ3n) is 9.19. The zero-order valence-corrected chi connectivity index (χ0v) is 29.2. The molecule has 0 unspecified atom stereocenters. The number of thiocarbonyl (C=S) groups is 1. The lowest BCUT2D eigenvalue weighted by atomic mass is 9.94. The number of benzene rings is 2. The third kappa shape index (κ3) is 7.84. The van der Waals surface area contributed by atoms with Crippen LogP contribution >= 0.6 is 12.2 Å². The van der Waals surface area contributed by atoms with Gasteiger partial charge in [-0.25, -0.2) is 4.98 Å². The number of piperidine rings is 1. The fourth-order valence-electron chi connectivity index (χ4n) is 6.38. The lowest BCUT2D eigenvalue weighted by Gasteiger charge is -2.31. The maximum atomic E-state index is 13.7. The molecule has 0 saturated carbocycles. The summed E-state index contributed by atoms with van der Waals surface area (Å²) >= 11 is 5.67. The molecule has 2 fully saturated rings. The van der Waals surface area contributed by atoms with Crippen LogP contribution in [0, 0.1) is 17.2 Å². The highest BCUT2D eigenvalue weighted by atomic mass is 32.1. The highest BCUT2D eigenvalue weighted by Crippen LogP contribution is 2.40. The first kappa shape index (κ1) is 36.5. The van der Waals surface area contributed by atoms with Crippen molar-refractivity contribution in [3.8, 4) is 11.8 Å². The zero-order chi connectivity index (χ0) is 36.2. The van der Waals surface area contributed by atoms with E-state index in [1.54, 1.807) is 24.8 Å². The molecule has 2 aliphatic rings. The average Bonchev–Trinajstić information content (AvgIpc) is 3.27. The number of nitriles is 1. The van der Waals surface area contributed by atoms with Gasteiger partial charge in [0.25, 0.3) is 5.91 Å². The van der Waals surface area contributed by atoms with Gasteiger partial charge in [-0.05, 0) is 119 Å². The molecule has 2 aliphatic heterocycles. The molecule has 2 N–H and O–H groups in total. The van der Waals surface area contributed by atoms with E-state index in [1.807, 2.05) is 50.4 Å². The lowest BCUT2D eigenvalue weighted by Crippen LogP contribution is -2.44. The molecule has 0 radical (unpaired) electrons. The Morgan fingerprint density at radius 2 is 1.84 bits per heavy atom. The number of halogens is 3. The standard InChI is InChI=1S/C36H40F3N7O3S/c1-5-24-17-27(46-34(50)45(33(48)35(46,2)3)28-19-29(36(37,38)39)30(20-40)42-21-28)9-10-31(24)49-16-13-23-11-14-44(15-12-23)22-32(47)43-26-8-6-7-25(18-26)41-4/h6-10,17-19,21,23,41H,5,11-16,22H2,1-4H3,(H,43,47). The topological polar surface area (TPSA) is 114 Å². The molecular formula is C36H40F3N7O3S. The molecule has 0 aliphatic carbocycles. The number of aromatic nitrogens is 1. The van der Waals surface area contributed by atoms with E-state index in [0.717, 1.165) is 66.5 Å². The number of pyridine rings is 1. The first-order valence-corrected chi connectivity index (χ1v) is 16.9. The Hall–Kier alpha value is -4.74. The number of rotatable bonds is 11. The van der Waals surface area contributed by atoms with E-state index in [1.165, 1.54) is 6.07 Å². The number of aryl methyl sites for hydroxylation is 1. The second-order valence-electron chi connectivity index (χ2n) is 12.9. The summed E-state index contributed by atoms with van der Waals surface area (Å²) in [4.78, 5) is 34.7. The number of carbonyl (C=O) groups is 2. The molecule has 3 aromatic rings. The summed E-state index contributed by atoms with van der Waals surface area (Å²) in [5, 5.41) is 15.2. The van der Waals surface area contributed by atoms with Crippen LogP contribution in [0.5, 0.6) is 5.75 Å². The minimum absolute atomic E-state index is 0.00201. The van der Waals surface area contributed by atoms with Crippen molar-refractivity contribution in [3.05, 3.63) is 71.5 Å². The van der Waals surface area contributed by atoms with Crippen molar-refractivity contribution in [2.75, 3.05) is 53.7 Å². The van der Waals surface area contributed by atoms with Gasteiger partial charge >= 0.3 is 6.18 Å². The van der Waals surface area contributed by atoms with Crippen molar-refractivity contribution in [2.24, 2.45) is 5.92 Å². The van der Waals surface area contributed by atoms with Crippen LogP contribution in [0.1, 0.15) is 56.9 Å². The van der Waals surface area contributed by atoms with Gasteiger partial charge in [0, 0.05) is 24.1 Å². The second kappa shape index (κ2) is 15.0. The highest BCUT2D eigenvalue weighted by molar-refractivity contribution is 7.81. The first-order valence-electron chi connectivity index (χ1n) is 16.5. The van der Waals surface area contributed by atoms with Gasteiger partial charge in [-0.2, -0.15) is 18.4 Å². The molecule has 0 bridgehead atoms. The smallest absolute Gasteiger partial charge is 0.419 e. The molecule has 2 aromatic carbocycles. The number of hydrogen-bond acceptors (Lipinski definition) is 8. The number of nitrogens with zero attached hydrogens (tertiary/aromatic N) is 5. The van der Waals surface area contributed by atoms with E-state index in [0.29, 0.717) is 36.9 Å². The van der Waals surface area contributed by atoms with Crippen LogP contribution in [0.4, 0.5) is 35.9 Å². The maximum Gasteiger partial charge on any atom is 0.419 e. The van der Waals surface area contributed by atoms with Gasteiger partial charge in [0.2, 0.25) is 5.91 Å². The van der Waals surface area contributed by atoms with Crippen LogP contribution in [0.15, 0.2) is 54.7 Å². The van der Waals surface area contributed by atoms with Crippen molar-refractivity contribution in [1.29, 1.82) is 5.26 Å². The predicted octanol–water partition coefficient (Wildman–Crippen LogP) is 6.61. The zero-order valence-electron chi connectivity index (χ0n) is 28.4. The predicted molar refractivity (Wildman–Crippen MR) is 190 cm³/mol. The van der Waals surface area contributed by atoms with Gasteiger partial charge < -0.3 is 20.3 Å². The molecule has 1 aromatic heterocycles. The second-order valence-corrected chi connectivity index (χ2v) is 13.3. The molecule has 5 rings (SSSR count). The van der Waals surface area contributed by atoms with E-state index in [2.05, 4.69) is 20.5 Å². The molecule has 0 atom stereocenters. The Morgan fingerprint density at radius 3 is 2.50 bits per heavy atom. The number of carbonyl (C=O) groups excluding carboxylic acids is 2. The summed E-state index contributed by atoms with van der Waals surface area (Å²) in [7, 11) is 1.84. The van der Waals surface area contributed by atoms with E-state index < -0.39 is 28.9 Å². The largest absolute Gasteiger partial charge is 0.493 e. The summed E-state index contributed by atoms with van der Waals surface area (Å²) in [6, 6.07) is 15.3.